The largest absolute Gasteiger partial charge is 0.283 e. The van der Waals surface area contributed by atoms with Gasteiger partial charge in [0.1, 0.15) is 5.69 Å². The van der Waals surface area contributed by atoms with Gasteiger partial charge >= 0.3 is 0 Å². The van der Waals surface area contributed by atoms with Crippen LogP contribution in [0.25, 0.3) is 11.0 Å². The van der Waals surface area contributed by atoms with Crippen molar-refractivity contribution in [2.45, 2.75) is 25.0 Å². The molecule has 8 nitrogen and oxygen atoms in total. The topological polar surface area (TPSA) is 107 Å². The van der Waals surface area contributed by atoms with Gasteiger partial charge in [0.15, 0.2) is 9.86 Å². The summed E-state index contributed by atoms with van der Waals surface area (Å²) < 4.78 is 28.4. The van der Waals surface area contributed by atoms with Gasteiger partial charge < -0.3 is 0 Å². The maximum absolute atomic E-state index is 12.4. The highest BCUT2D eigenvalue weighted by Crippen LogP contribution is 2.23. The van der Waals surface area contributed by atoms with E-state index in [0.29, 0.717) is 16.3 Å². The number of aromatic nitrogens is 4. The number of rotatable bonds is 3. The van der Waals surface area contributed by atoms with Crippen LogP contribution in [0, 0.1) is 20.8 Å². The number of carbonyl (C=O) groups is 1. The van der Waals surface area contributed by atoms with Crippen LogP contribution in [0.5, 0.6) is 0 Å². The Labute approximate surface area is 142 Å². The minimum Gasteiger partial charge on any atom is -0.266 e. The van der Waals surface area contributed by atoms with Gasteiger partial charge in [0, 0.05) is 12.4 Å². The first-order chi connectivity index (χ1) is 11.2. The normalized spacial score (nSPS) is 11.8. The molecular weight excluding hydrogens is 350 g/mol. The van der Waals surface area contributed by atoms with E-state index < -0.39 is 15.9 Å². The summed E-state index contributed by atoms with van der Waals surface area (Å²) in [5.41, 5.74) is 1.68. The van der Waals surface area contributed by atoms with Gasteiger partial charge in [0.2, 0.25) is 0 Å². The predicted octanol–water partition coefficient (Wildman–Crippen LogP) is 1.47. The standard InChI is InChI=1S/C14H15N5O3S2/c1-7-10-5-6-11(16-12(10)19(4)17-7)13(20)18-24(21,22)14-8(2)15-9(3)23-14/h5-6H,1-4H3,(H,18,20). The summed E-state index contributed by atoms with van der Waals surface area (Å²) in [7, 11) is -2.27. The fraction of sp³-hybridized carbons (Fsp3) is 0.286. The third-order valence-electron chi connectivity index (χ3n) is 3.44. The summed E-state index contributed by atoms with van der Waals surface area (Å²) in [5, 5.41) is 5.65. The Kier molecular flexibility index (Phi) is 3.88. The van der Waals surface area contributed by atoms with E-state index in [9.17, 15) is 13.2 Å². The Balaban J connectivity index is 1.95. The van der Waals surface area contributed by atoms with E-state index in [1.807, 2.05) is 11.6 Å². The lowest BCUT2D eigenvalue weighted by atomic mass is 10.2. The van der Waals surface area contributed by atoms with Crippen LogP contribution in [0.4, 0.5) is 0 Å². The molecule has 24 heavy (non-hydrogen) atoms. The Bertz CT molecular complexity index is 1070. The summed E-state index contributed by atoms with van der Waals surface area (Å²) in [6.07, 6.45) is 0. The van der Waals surface area contributed by atoms with Crippen LogP contribution < -0.4 is 4.72 Å². The molecule has 0 aliphatic carbocycles. The number of hydrogen-bond acceptors (Lipinski definition) is 7. The van der Waals surface area contributed by atoms with Gasteiger partial charge in [-0.3, -0.25) is 9.48 Å². The second-order valence-corrected chi connectivity index (χ2v) is 8.40. The van der Waals surface area contributed by atoms with Crippen molar-refractivity contribution in [3.63, 3.8) is 0 Å². The van der Waals surface area contributed by atoms with Crippen LogP contribution in [0.15, 0.2) is 16.3 Å². The van der Waals surface area contributed by atoms with Crippen LogP contribution >= 0.6 is 11.3 Å². The Hall–Kier alpha value is -2.33. The molecule has 0 fully saturated rings. The Morgan fingerprint density at radius 2 is 1.88 bits per heavy atom. The lowest BCUT2D eigenvalue weighted by Crippen LogP contribution is -2.31. The maximum atomic E-state index is 12.4. The van der Waals surface area contributed by atoms with Gasteiger partial charge in [-0.15, -0.1) is 11.3 Å². The number of fused-ring (bicyclic) bond motifs is 1. The first kappa shape index (κ1) is 16.5. The van der Waals surface area contributed by atoms with E-state index in [2.05, 4.69) is 15.1 Å². The van der Waals surface area contributed by atoms with E-state index in [1.54, 1.807) is 31.6 Å². The van der Waals surface area contributed by atoms with E-state index in [-0.39, 0.29) is 9.90 Å². The third-order valence-corrected chi connectivity index (χ3v) is 6.45. The summed E-state index contributed by atoms with van der Waals surface area (Å²) in [4.78, 5) is 20.6. The van der Waals surface area contributed by atoms with Crippen LogP contribution in [0.1, 0.15) is 26.9 Å². The average molecular weight is 365 g/mol. The van der Waals surface area contributed by atoms with Crippen molar-refractivity contribution >= 4 is 38.3 Å². The molecule has 0 saturated carbocycles. The first-order valence-electron chi connectivity index (χ1n) is 7.00. The summed E-state index contributed by atoms with van der Waals surface area (Å²) in [5.74, 6) is -0.791. The zero-order valence-corrected chi connectivity index (χ0v) is 15.1. The molecule has 0 spiro atoms. The van der Waals surface area contributed by atoms with Crippen molar-refractivity contribution in [2.24, 2.45) is 7.05 Å². The van der Waals surface area contributed by atoms with Gasteiger partial charge in [-0.1, -0.05) is 0 Å². The SMILES string of the molecule is Cc1nc(C)c(S(=O)(=O)NC(=O)c2ccc3c(C)nn(C)c3n2)s1. The van der Waals surface area contributed by atoms with Crippen LogP contribution in [0.3, 0.4) is 0 Å². The number of nitrogens with zero attached hydrogens (tertiary/aromatic N) is 4. The van der Waals surface area contributed by atoms with Gasteiger partial charge in [-0.05, 0) is 32.9 Å². The highest BCUT2D eigenvalue weighted by Gasteiger charge is 2.25. The number of aryl methyl sites for hydroxylation is 4. The smallest absolute Gasteiger partial charge is 0.266 e. The number of carbonyl (C=O) groups excluding carboxylic acids is 1. The molecule has 10 heteroatoms. The van der Waals surface area contributed by atoms with Gasteiger partial charge in [0.05, 0.1) is 16.4 Å². The van der Waals surface area contributed by atoms with Crippen molar-refractivity contribution in [3.8, 4) is 0 Å². The highest BCUT2D eigenvalue weighted by molar-refractivity contribution is 7.92. The van der Waals surface area contributed by atoms with E-state index in [4.69, 9.17) is 0 Å². The molecule has 1 N–H and O–H groups in total. The van der Waals surface area contributed by atoms with Crippen molar-refractivity contribution in [2.75, 3.05) is 0 Å². The minimum atomic E-state index is -3.98. The molecule has 0 saturated heterocycles. The number of hydrogen-bond donors (Lipinski definition) is 1. The van der Waals surface area contributed by atoms with E-state index in [0.717, 1.165) is 22.4 Å². The van der Waals surface area contributed by atoms with Crippen molar-refractivity contribution in [3.05, 3.63) is 34.2 Å². The molecule has 126 valence electrons. The molecular formula is C14H15N5O3S2. The van der Waals surface area contributed by atoms with Crippen LogP contribution in [0.2, 0.25) is 0 Å². The zero-order valence-electron chi connectivity index (χ0n) is 13.5. The summed E-state index contributed by atoms with van der Waals surface area (Å²) >= 11 is 1.02. The summed E-state index contributed by atoms with van der Waals surface area (Å²) in [6, 6.07) is 3.18. The molecule has 0 bridgehead atoms. The number of thiazole rings is 1. The lowest BCUT2D eigenvalue weighted by Gasteiger charge is -2.05. The number of nitrogens with one attached hydrogen (secondary N) is 1. The molecule has 3 rings (SSSR count). The molecule has 0 radical (unpaired) electrons. The summed E-state index contributed by atoms with van der Waals surface area (Å²) in [6.45, 7) is 5.13. The quantitative estimate of drug-likeness (QED) is 0.753. The molecule has 0 aliphatic heterocycles. The number of pyridine rings is 1. The molecule has 0 unspecified atom stereocenters. The molecule has 0 aromatic carbocycles. The number of sulfonamides is 1. The first-order valence-corrected chi connectivity index (χ1v) is 9.30. The van der Waals surface area contributed by atoms with Crippen LogP contribution in [-0.2, 0) is 17.1 Å². The van der Waals surface area contributed by atoms with Gasteiger partial charge in [-0.2, -0.15) is 5.10 Å². The van der Waals surface area contributed by atoms with Crippen molar-refractivity contribution in [1.82, 2.24) is 24.5 Å². The van der Waals surface area contributed by atoms with Gasteiger partial charge in [-0.25, -0.2) is 23.1 Å². The fourth-order valence-electron chi connectivity index (χ4n) is 2.41. The van der Waals surface area contributed by atoms with Gasteiger partial charge in [0.25, 0.3) is 15.9 Å². The van der Waals surface area contributed by atoms with Crippen molar-refractivity contribution in [1.29, 1.82) is 0 Å². The Morgan fingerprint density at radius 3 is 2.50 bits per heavy atom. The Morgan fingerprint density at radius 1 is 1.17 bits per heavy atom. The predicted molar refractivity (Wildman–Crippen MR) is 89.5 cm³/mol. The monoisotopic (exact) mass is 365 g/mol. The van der Waals surface area contributed by atoms with Crippen LogP contribution in [-0.4, -0.2) is 34.1 Å². The molecule has 3 aromatic rings. The zero-order chi connectivity index (χ0) is 17.6. The molecule has 3 heterocycles. The average Bonchev–Trinajstić information content (AvgIpc) is 2.98. The maximum Gasteiger partial charge on any atom is 0.283 e. The number of amides is 1. The molecule has 0 aliphatic rings. The van der Waals surface area contributed by atoms with E-state index in [1.165, 1.54) is 6.07 Å². The third kappa shape index (κ3) is 2.78. The fourth-order valence-corrected chi connectivity index (χ4v) is 4.86. The van der Waals surface area contributed by atoms with Crippen molar-refractivity contribution < 1.29 is 13.2 Å². The molecule has 0 atom stereocenters. The minimum absolute atomic E-state index is 0.00738. The second kappa shape index (κ2) is 5.64. The molecule has 3 aromatic heterocycles. The van der Waals surface area contributed by atoms with E-state index >= 15 is 0 Å². The highest BCUT2D eigenvalue weighted by atomic mass is 32.2. The second-order valence-electron chi connectivity index (χ2n) is 5.32. The lowest BCUT2D eigenvalue weighted by molar-refractivity contribution is 0.0977. The molecule has 1 amide bonds.